The van der Waals surface area contributed by atoms with Crippen LogP contribution in [0, 0.1) is 5.92 Å². The number of nitrogens with two attached hydrogens (primary N) is 1. The van der Waals surface area contributed by atoms with Gasteiger partial charge in [-0.2, -0.15) is 0 Å². The highest BCUT2D eigenvalue weighted by Crippen LogP contribution is 2.22. The van der Waals surface area contributed by atoms with Crippen LogP contribution < -0.4 is 11.1 Å². The van der Waals surface area contributed by atoms with Gasteiger partial charge in [0.15, 0.2) is 0 Å². The van der Waals surface area contributed by atoms with E-state index in [4.69, 9.17) is 5.73 Å². The Labute approximate surface area is 185 Å². The molecule has 5 nitrogen and oxygen atoms in total. The van der Waals surface area contributed by atoms with Gasteiger partial charge in [-0.15, -0.1) is 0 Å². The Bertz CT molecular complexity index is 919. The molecule has 164 valence electrons. The van der Waals surface area contributed by atoms with Crippen LogP contribution in [0.3, 0.4) is 0 Å². The van der Waals surface area contributed by atoms with Crippen LogP contribution in [0.1, 0.15) is 55.7 Å². The first-order valence-corrected chi connectivity index (χ1v) is 11.1. The minimum atomic E-state index is -0.225. The first kappa shape index (κ1) is 22.8. The lowest BCUT2D eigenvalue weighted by molar-refractivity contribution is -0.123. The van der Waals surface area contributed by atoms with Crippen LogP contribution >= 0.6 is 0 Å². The molecule has 1 saturated heterocycles. The van der Waals surface area contributed by atoms with Crippen LogP contribution in [-0.4, -0.2) is 29.8 Å². The summed E-state index contributed by atoms with van der Waals surface area (Å²) >= 11 is 0. The van der Waals surface area contributed by atoms with Gasteiger partial charge in [0.2, 0.25) is 11.8 Å². The van der Waals surface area contributed by atoms with Gasteiger partial charge in [0.1, 0.15) is 0 Å². The highest BCUT2D eigenvalue weighted by molar-refractivity contribution is 5.92. The lowest BCUT2D eigenvalue weighted by Crippen LogP contribution is -2.40. The minimum absolute atomic E-state index is 0.0452. The number of piperidine rings is 1. The van der Waals surface area contributed by atoms with E-state index in [0.29, 0.717) is 25.4 Å². The molecule has 31 heavy (non-hydrogen) atoms. The molecule has 1 fully saturated rings. The fraction of sp³-hybridized carbons (Fsp3) is 0.385. The second-order valence-corrected chi connectivity index (χ2v) is 8.61. The molecule has 3 N–H and O–H groups in total. The van der Waals surface area contributed by atoms with Crippen molar-refractivity contribution < 1.29 is 9.59 Å². The molecule has 0 saturated carbocycles. The fourth-order valence-electron chi connectivity index (χ4n) is 3.95. The van der Waals surface area contributed by atoms with Crippen LogP contribution in [0.25, 0.3) is 6.08 Å². The Balaban J connectivity index is 1.56. The first-order valence-electron chi connectivity index (χ1n) is 11.1. The topological polar surface area (TPSA) is 75.4 Å². The maximum atomic E-state index is 12.5. The molecule has 1 aliphatic heterocycles. The Morgan fingerprint density at radius 1 is 1.16 bits per heavy atom. The number of carbonyl (C=O) groups excluding carboxylic acids is 2. The molecule has 2 aromatic rings. The van der Waals surface area contributed by atoms with Crippen molar-refractivity contribution in [1.29, 1.82) is 0 Å². The summed E-state index contributed by atoms with van der Waals surface area (Å²) in [7, 11) is 0. The Hall–Kier alpha value is -2.92. The van der Waals surface area contributed by atoms with Crippen molar-refractivity contribution in [3.63, 3.8) is 0 Å². The van der Waals surface area contributed by atoms with Crippen molar-refractivity contribution in [2.75, 3.05) is 18.4 Å². The molecule has 0 aliphatic carbocycles. The zero-order valence-electron chi connectivity index (χ0n) is 18.5. The van der Waals surface area contributed by atoms with Crippen LogP contribution in [0.5, 0.6) is 0 Å². The average molecular weight is 420 g/mol. The molecule has 2 aromatic carbocycles. The van der Waals surface area contributed by atoms with Gasteiger partial charge in [-0.25, -0.2) is 0 Å². The lowest BCUT2D eigenvalue weighted by atomic mass is 9.97. The normalized spacial score (nSPS) is 17.2. The second-order valence-electron chi connectivity index (χ2n) is 8.61. The van der Waals surface area contributed by atoms with Gasteiger partial charge in [0, 0.05) is 25.2 Å². The molecule has 0 aromatic heterocycles. The number of benzene rings is 2. The third-order valence-corrected chi connectivity index (χ3v) is 5.81. The van der Waals surface area contributed by atoms with Crippen molar-refractivity contribution in [1.82, 2.24) is 4.90 Å². The van der Waals surface area contributed by atoms with Crippen LogP contribution in [0.4, 0.5) is 5.69 Å². The number of primary amides is 1. The van der Waals surface area contributed by atoms with E-state index in [2.05, 4.69) is 48.3 Å². The first-order chi connectivity index (χ1) is 14.9. The Morgan fingerprint density at radius 2 is 1.90 bits per heavy atom. The number of hydrogen-bond acceptors (Lipinski definition) is 3. The van der Waals surface area contributed by atoms with Gasteiger partial charge in [-0.3, -0.25) is 14.5 Å². The van der Waals surface area contributed by atoms with E-state index >= 15 is 0 Å². The number of likely N-dealkylation sites (tertiary alicyclic amines) is 1. The van der Waals surface area contributed by atoms with Crippen molar-refractivity contribution >= 4 is 23.6 Å². The molecule has 0 bridgehead atoms. The van der Waals surface area contributed by atoms with Gasteiger partial charge in [-0.1, -0.05) is 68.5 Å². The molecule has 0 spiro atoms. The summed E-state index contributed by atoms with van der Waals surface area (Å²) in [4.78, 5) is 26.3. The second kappa shape index (κ2) is 10.9. The van der Waals surface area contributed by atoms with E-state index < -0.39 is 0 Å². The van der Waals surface area contributed by atoms with E-state index in [9.17, 15) is 9.59 Å². The standard InChI is InChI=1S/C26H33N3O2/c1-19(2)21-14-12-20(13-15-21)7-5-11-25(30)28-24-10-4-3-8-22(24)17-29-16-6-9-23(18-29)26(27)31/h3-5,7-8,10,12-15,19,23H,6,9,11,16-18H2,1-2H3,(H2,27,31)(H,28,30)/b7-5+. The van der Waals surface area contributed by atoms with Crippen molar-refractivity contribution in [2.24, 2.45) is 11.7 Å². The van der Waals surface area contributed by atoms with E-state index in [0.717, 1.165) is 36.2 Å². The molecular formula is C26H33N3O2. The Kier molecular flexibility index (Phi) is 8.01. The SMILES string of the molecule is CC(C)c1ccc(/C=C/CC(=O)Nc2ccccc2CN2CCCC(C(N)=O)C2)cc1. The molecule has 3 rings (SSSR count). The van der Waals surface area contributed by atoms with Crippen molar-refractivity contribution in [3.05, 3.63) is 71.3 Å². The number of anilines is 1. The van der Waals surface area contributed by atoms with E-state index in [1.165, 1.54) is 5.56 Å². The molecule has 0 radical (unpaired) electrons. The van der Waals surface area contributed by atoms with Gasteiger partial charge < -0.3 is 11.1 Å². The molecule has 1 atom stereocenters. The number of hydrogen-bond donors (Lipinski definition) is 2. The summed E-state index contributed by atoms with van der Waals surface area (Å²) in [6.45, 7) is 6.65. The van der Waals surface area contributed by atoms with Crippen LogP contribution in [-0.2, 0) is 16.1 Å². The molecule has 1 unspecified atom stereocenters. The summed E-state index contributed by atoms with van der Waals surface area (Å²) in [5.41, 5.74) is 9.77. The number of rotatable bonds is 8. The number of para-hydroxylation sites is 1. The molecule has 5 heteroatoms. The monoisotopic (exact) mass is 419 g/mol. The zero-order valence-corrected chi connectivity index (χ0v) is 18.5. The predicted molar refractivity (Wildman–Crippen MR) is 126 cm³/mol. The lowest BCUT2D eigenvalue weighted by Gasteiger charge is -2.31. The largest absolute Gasteiger partial charge is 0.369 e. The molecule has 1 aliphatic rings. The van der Waals surface area contributed by atoms with E-state index in [-0.39, 0.29) is 17.7 Å². The van der Waals surface area contributed by atoms with Crippen LogP contribution in [0.2, 0.25) is 0 Å². The molecule has 2 amide bonds. The minimum Gasteiger partial charge on any atom is -0.369 e. The van der Waals surface area contributed by atoms with Crippen molar-refractivity contribution in [3.8, 4) is 0 Å². The zero-order chi connectivity index (χ0) is 22.2. The van der Waals surface area contributed by atoms with Crippen molar-refractivity contribution in [2.45, 2.75) is 45.6 Å². The van der Waals surface area contributed by atoms with Gasteiger partial charge in [0.25, 0.3) is 0 Å². The maximum absolute atomic E-state index is 12.5. The van der Waals surface area contributed by atoms with Crippen LogP contribution in [0.15, 0.2) is 54.6 Å². The summed E-state index contributed by atoms with van der Waals surface area (Å²) in [5.74, 6) is 0.152. The third-order valence-electron chi connectivity index (χ3n) is 5.81. The summed E-state index contributed by atoms with van der Waals surface area (Å²) in [5, 5.41) is 3.04. The quantitative estimate of drug-likeness (QED) is 0.659. The molecule has 1 heterocycles. The summed E-state index contributed by atoms with van der Waals surface area (Å²) < 4.78 is 0. The average Bonchev–Trinajstić information content (AvgIpc) is 2.75. The highest BCUT2D eigenvalue weighted by Gasteiger charge is 2.24. The Morgan fingerprint density at radius 3 is 2.61 bits per heavy atom. The summed E-state index contributed by atoms with van der Waals surface area (Å²) in [6.07, 6.45) is 6.01. The highest BCUT2D eigenvalue weighted by atomic mass is 16.2. The fourth-order valence-corrected chi connectivity index (χ4v) is 3.95. The van der Waals surface area contributed by atoms with E-state index in [1.807, 2.05) is 36.4 Å². The summed E-state index contributed by atoms with van der Waals surface area (Å²) in [6, 6.07) is 16.3. The maximum Gasteiger partial charge on any atom is 0.228 e. The predicted octanol–water partition coefficient (Wildman–Crippen LogP) is 4.55. The number of nitrogens with one attached hydrogen (secondary N) is 1. The van der Waals surface area contributed by atoms with E-state index in [1.54, 1.807) is 0 Å². The van der Waals surface area contributed by atoms with Gasteiger partial charge in [-0.05, 0) is 48.1 Å². The number of nitrogens with zero attached hydrogens (tertiary/aromatic N) is 1. The van der Waals surface area contributed by atoms with Gasteiger partial charge >= 0.3 is 0 Å². The number of carbonyl (C=O) groups is 2. The molecular weight excluding hydrogens is 386 g/mol. The van der Waals surface area contributed by atoms with Gasteiger partial charge in [0.05, 0.1) is 5.92 Å². The number of amides is 2. The third kappa shape index (κ3) is 6.79. The smallest absolute Gasteiger partial charge is 0.228 e.